The van der Waals surface area contributed by atoms with Crippen LogP contribution in [0.3, 0.4) is 0 Å². The van der Waals surface area contributed by atoms with Gasteiger partial charge in [-0.05, 0) is 32.9 Å². The summed E-state index contributed by atoms with van der Waals surface area (Å²) in [6.45, 7) is 4.19. The van der Waals surface area contributed by atoms with Crippen LogP contribution in [0.5, 0.6) is 0 Å². The summed E-state index contributed by atoms with van der Waals surface area (Å²) in [7, 11) is 2.08. The van der Waals surface area contributed by atoms with E-state index in [0.29, 0.717) is 5.92 Å². The summed E-state index contributed by atoms with van der Waals surface area (Å²) < 4.78 is 2.15. The van der Waals surface area contributed by atoms with Crippen molar-refractivity contribution >= 4 is 35.5 Å². The molecule has 1 aliphatic heterocycles. The van der Waals surface area contributed by atoms with E-state index in [0.717, 1.165) is 53.4 Å². The number of hydrogen-bond acceptors (Lipinski definition) is 6. The molecule has 0 amide bonds. The van der Waals surface area contributed by atoms with E-state index >= 15 is 0 Å². The lowest BCUT2D eigenvalue weighted by Gasteiger charge is -2.21. The minimum atomic E-state index is 0. The summed E-state index contributed by atoms with van der Waals surface area (Å²) in [5, 5.41) is 16.4. The summed E-state index contributed by atoms with van der Waals surface area (Å²) in [6.07, 6.45) is 2.31. The van der Waals surface area contributed by atoms with Crippen molar-refractivity contribution in [3.05, 3.63) is 21.9 Å². The van der Waals surface area contributed by atoms with Crippen molar-refractivity contribution in [3.63, 3.8) is 0 Å². The van der Waals surface area contributed by atoms with E-state index in [2.05, 4.69) is 37.5 Å². The van der Waals surface area contributed by atoms with Crippen LogP contribution in [-0.2, 0) is 12.8 Å². The normalized spacial score (nSPS) is 15.9. The van der Waals surface area contributed by atoms with Crippen LogP contribution in [0.2, 0.25) is 0 Å². The van der Waals surface area contributed by atoms with Gasteiger partial charge in [-0.25, -0.2) is 4.98 Å². The number of nitrogens with one attached hydrogen (secondary N) is 1. The van der Waals surface area contributed by atoms with Crippen molar-refractivity contribution < 1.29 is 0 Å². The maximum atomic E-state index is 4.48. The van der Waals surface area contributed by atoms with E-state index in [1.54, 1.807) is 23.1 Å². The zero-order valence-electron chi connectivity index (χ0n) is 12.2. The van der Waals surface area contributed by atoms with Crippen molar-refractivity contribution in [2.45, 2.75) is 36.6 Å². The fourth-order valence-electron chi connectivity index (χ4n) is 2.48. The number of hydrogen-bond donors (Lipinski definition) is 1. The zero-order chi connectivity index (χ0) is 13.9. The molecule has 0 aliphatic carbocycles. The molecule has 3 heterocycles. The molecule has 0 bridgehead atoms. The smallest absolute Gasteiger partial charge is 0.191 e. The molecule has 1 fully saturated rings. The molecular weight excluding hydrogens is 326 g/mol. The molecule has 0 atom stereocenters. The number of piperidine rings is 1. The fourth-order valence-corrected chi connectivity index (χ4v) is 4.19. The van der Waals surface area contributed by atoms with Crippen molar-refractivity contribution in [1.29, 1.82) is 0 Å². The number of aryl methyl sites for hydroxylation is 1. The lowest BCUT2D eigenvalue weighted by Crippen LogP contribution is -2.27. The Bertz CT molecular complexity index is 577. The third kappa shape index (κ3) is 3.97. The van der Waals surface area contributed by atoms with Crippen molar-refractivity contribution in [2.24, 2.45) is 7.05 Å². The minimum Gasteiger partial charge on any atom is -0.317 e. The van der Waals surface area contributed by atoms with Gasteiger partial charge in [0, 0.05) is 24.0 Å². The molecule has 5 nitrogen and oxygen atoms in total. The van der Waals surface area contributed by atoms with Crippen LogP contribution in [0.4, 0.5) is 0 Å². The average Bonchev–Trinajstić information content (AvgIpc) is 3.04. The molecule has 2 aromatic heterocycles. The highest BCUT2D eigenvalue weighted by molar-refractivity contribution is 7.98. The Kier molecular flexibility index (Phi) is 6.04. The van der Waals surface area contributed by atoms with Crippen LogP contribution in [0.25, 0.3) is 0 Å². The number of thiazole rings is 1. The first kappa shape index (κ1) is 16.7. The van der Waals surface area contributed by atoms with Gasteiger partial charge in [-0.2, -0.15) is 0 Å². The predicted octanol–water partition coefficient (Wildman–Crippen LogP) is 2.76. The van der Waals surface area contributed by atoms with E-state index < -0.39 is 0 Å². The molecule has 0 unspecified atom stereocenters. The standard InChI is InChI=1S/C13H19N5S2.ClH/c1-9-7-19-11(15-9)8-20-13-17-16-12(18(13)2)10-3-5-14-6-4-10;/h7,10,14H,3-6,8H2,1-2H3;1H. The second-order valence-corrected chi connectivity index (χ2v) is 6.98. The van der Waals surface area contributed by atoms with Gasteiger partial charge in [-0.1, -0.05) is 11.8 Å². The number of nitrogens with zero attached hydrogens (tertiary/aromatic N) is 4. The Labute approximate surface area is 139 Å². The van der Waals surface area contributed by atoms with Gasteiger partial charge in [0.05, 0.1) is 5.75 Å². The van der Waals surface area contributed by atoms with Gasteiger partial charge in [0.2, 0.25) is 0 Å². The molecule has 0 spiro atoms. The highest BCUT2D eigenvalue weighted by Crippen LogP contribution is 2.28. The second-order valence-electron chi connectivity index (χ2n) is 5.10. The lowest BCUT2D eigenvalue weighted by atomic mass is 9.97. The second kappa shape index (κ2) is 7.58. The topological polar surface area (TPSA) is 55.6 Å². The Morgan fingerprint density at radius 2 is 2.14 bits per heavy atom. The summed E-state index contributed by atoms with van der Waals surface area (Å²) in [5.74, 6) is 2.55. The maximum Gasteiger partial charge on any atom is 0.191 e. The van der Waals surface area contributed by atoms with Crippen LogP contribution in [0.1, 0.15) is 35.3 Å². The van der Waals surface area contributed by atoms with E-state index in [9.17, 15) is 0 Å². The number of rotatable bonds is 4. The first-order valence-corrected chi connectivity index (χ1v) is 8.74. The van der Waals surface area contributed by atoms with Crippen LogP contribution >= 0.6 is 35.5 Å². The molecule has 1 aliphatic rings. The van der Waals surface area contributed by atoms with Gasteiger partial charge in [-0.3, -0.25) is 0 Å². The molecule has 1 N–H and O–H groups in total. The van der Waals surface area contributed by atoms with Gasteiger partial charge in [-0.15, -0.1) is 33.9 Å². The number of halogens is 1. The summed E-state index contributed by atoms with van der Waals surface area (Å²) >= 11 is 3.43. The Morgan fingerprint density at radius 1 is 1.38 bits per heavy atom. The third-order valence-electron chi connectivity index (χ3n) is 3.56. The number of thioether (sulfide) groups is 1. The lowest BCUT2D eigenvalue weighted by molar-refractivity contribution is 0.434. The zero-order valence-corrected chi connectivity index (χ0v) is 14.7. The van der Waals surface area contributed by atoms with Crippen molar-refractivity contribution in [1.82, 2.24) is 25.1 Å². The molecule has 0 aromatic carbocycles. The van der Waals surface area contributed by atoms with Gasteiger partial charge in [0.1, 0.15) is 10.8 Å². The predicted molar refractivity (Wildman–Crippen MR) is 89.5 cm³/mol. The van der Waals surface area contributed by atoms with E-state index in [1.807, 2.05) is 6.92 Å². The van der Waals surface area contributed by atoms with E-state index in [1.165, 1.54) is 0 Å². The SMILES string of the molecule is Cc1csc(CSc2nnc(C3CCNCC3)n2C)n1.Cl. The number of aromatic nitrogens is 4. The van der Waals surface area contributed by atoms with Gasteiger partial charge in [0.15, 0.2) is 5.16 Å². The molecular formula is C13H20ClN5S2. The van der Waals surface area contributed by atoms with Gasteiger partial charge >= 0.3 is 0 Å². The molecule has 0 radical (unpaired) electrons. The van der Waals surface area contributed by atoms with Gasteiger partial charge < -0.3 is 9.88 Å². The monoisotopic (exact) mass is 345 g/mol. The first-order valence-electron chi connectivity index (χ1n) is 6.88. The third-order valence-corrected chi connectivity index (χ3v) is 5.75. The molecule has 116 valence electrons. The summed E-state index contributed by atoms with van der Waals surface area (Å²) in [5.41, 5.74) is 1.10. The quantitative estimate of drug-likeness (QED) is 0.863. The highest BCUT2D eigenvalue weighted by Gasteiger charge is 2.21. The van der Waals surface area contributed by atoms with E-state index in [4.69, 9.17) is 0 Å². The van der Waals surface area contributed by atoms with Crippen molar-refractivity contribution in [3.8, 4) is 0 Å². The Hall–Kier alpha value is -0.630. The molecule has 2 aromatic rings. The van der Waals surface area contributed by atoms with Crippen LogP contribution in [-0.4, -0.2) is 32.8 Å². The molecule has 3 rings (SSSR count). The molecule has 0 saturated carbocycles. The first-order chi connectivity index (χ1) is 9.74. The highest BCUT2D eigenvalue weighted by atomic mass is 35.5. The fraction of sp³-hybridized carbons (Fsp3) is 0.615. The van der Waals surface area contributed by atoms with Crippen LogP contribution < -0.4 is 5.32 Å². The Balaban J connectivity index is 0.00000161. The molecule has 21 heavy (non-hydrogen) atoms. The van der Waals surface area contributed by atoms with Crippen molar-refractivity contribution in [2.75, 3.05) is 13.1 Å². The largest absolute Gasteiger partial charge is 0.317 e. The van der Waals surface area contributed by atoms with Gasteiger partial charge in [0.25, 0.3) is 0 Å². The maximum absolute atomic E-state index is 4.48. The average molecular weight is 346 g/mol. The summed E-state index contributed by atoms with van der Waals surface area (Å²) in [6, 6.07) is 0. The molecule has 1 saturated heterocycles. The van der Waals surface area contributed by atoms with Crippen LogP contribution in [0, 0.1) is 6.92 Å². The minimum absolute atomic E-state index is 0. The van der Waals surface area contributed by atoms with Crippen LogP contribution in [0.15, 0.2) is 10.5 Å². The summed E-state index contributed by atoms with van der Waals surface area (Å²) in [4.78, 5) is 4.48. The van der Waals surface area contributed by atoms with E-state index in [-0.39, 0.29) is 12.4 Å². The molecule has 8 heteroatoms. The Morgan fingerprint density at radius 3 is 2.81 bits per heavy atom.